The van der Waals surface area contributed by atoms with Gasteiger partial charge in [0.2, 0.25) is 11.4 Å². The number of rotatable bonds is 4. The summed E-state index contributed by atoms with van der Waals surface area (Å²) in [5, 5.41) is 13.6. The highest BCUT2D eigenvalue weighted by atomic mass is 35.5. The monoisotopic (exact) mass is 315 g/mol. The minimum atomic E-state index is -1.27. The average molecular weight is 316 g/mol. The molecule has 0 spiro atoms. The smallest absolute Gasteiger partial charge is 0.339 e. The van der Waals surface area contributed by atoms with Crippen molar-refractivity contribution in [3.05, 3.63) is 0 Å². The highest BCUT2D eigenvalue weighted by Crippen LogP contribution is 2.53. The molecule has 1 aliphatic carbocycles. The van der Waals surface area contributed by atoms with Crippen LogP contribution < -0.4 is 5.32 Å². The van der Waals surface area contributed by atoms with Gasteiger partial charge in [0, 0.05) is 5.88 Å². The second-order valence-electron chi connectivity index (χ2n) is 6.67. The Kier molecular flexibility index (Phi) is 3.69. The molecule has 0 aromatic rings. The minimum absolute atomic E-state index is 0.0426. The summed E-state index contributed by atoms with van der Waals surface area (Å²) >= 11 is 5.77. The number of hydrogen-bond acceptors (Lipinski definition) is 4. The molecule has 118 valence electrons. The third kappa shape index (κ3) is 1.86. The standard InChI is InChI=1S/C15H22ClNO4/c1-14-10(7-8-16)12(19)17-15(14,13(20)21-14)11(18)9-5-3-2-4-6-9/h9-11,18H,2-8H2,1H3,(H,17,19)/t10-,11-,14?,15-/m0/s1. The largest absolute Gasteiger partial charge is 0.453 e. The van der Waals surface area contributed by atoms with Crippen LogP contribution in [0.25, 0.3) is 0 Å². The number of carbonyl (C=O) groups excluding carboxylic acids is 2. The Balaban J connectivity index is 1.90. The Morgan fingerprint density at radius 2 is 2.05 bits per heavy atom. The van der Waals surface area contributed by atoms with Gasteiger partial charge in [0.05, 0.1) is 12.0 Å². The average Bonchev–Trinajstić information content (AvgIpc) is 2.65. The van der Waals surface area contributed by atoms with E-state index in [1.807, 2.05) is 0 Å². The van der Waals surface area contributed by atoms with Crippen LogP contribution in [0.3, 0.4) is 0 Å². The second-order valence-corrected chi connectivity index (χ2v) is 7.04. The van der Waals surface area contributed by atoms with Crippen molar-refractivity contribution in [2.24, 2.45) is 11.8 Å². The number of aliphatic hydroxyl groups is 1. The molecule has 3 rings (SSSR count). The van der Waals surface area contributed by atoms with E-state index in [4.69, 9.17) is 16.3 Å². The third-order valence-corrected chi connectivity index (χ3v) is 5.87. The highest BCUT2D eigenvalue weighted by molar-refractivity contribution is 6.18. The fourth-order valence-corrected chi connectivity index (χ4v) is 4.59. The van der Waals surface area contributed by atoms with E-state index >= 15 is 0 Å². The van der Waals surface area contributed by atoms with Crippen LogP contribution >= 0.6 is 11.6 Å². The Hall–Kier alpha value is -0.810. The molecule has 0 aromatic heterocycles. The molecular formula is C15H22ClNO4. The second kappa shape index (κ2) is 5.13. The molecule has 6 heteroatoms. The molecule has 2 heterocycles. The lowest BCUT2D eigenvalue weighted by atomic mass is 9.64. The Morgan fingerprint density at radius 3 is 2.62 bits per heavy atom. The van der Waals surface area contributed by atoms with Crippen LogP contribution in [0.5, 0.6) is 0 Å². The first-order chi connectivity index (χ1) is 9.97. The number of carbonyl (C=O) groups is 2. The molecular weight excluding hydrogens is 294 g/mol. The van der Waals surface area contributed by atoms with E-state index in [-0.39, 0.29) is 11.8 Å². The molecule has 0 aromatic carbocycles. The van der Waals surface area contributed by atoms with Crippen LogP contribution in [0, 0.1) is 11.8 Å². The molecule has 1 amide bonds. The lowest BCUT2D eigenvalue weighted by molar-refractivity contribution is -0.240. The van der Waals surface area contributed by atoms with Gasteiger partial charge < -0.3 is 15.2 Å². The third-order valence-electron chi connectivity index (χ3n) is 5.65. The topological polar surface area (TPSA) is 75.6 Å². The summed E-state index contributed by atoms with van der Waals surface area (Å²) in [5.41, 5.74) is -2.25. The maximum atomic E-state index is 12.3. The van der Waals surface area contributed by atoms with E-state index in [1.165, 1.54) is 6.42 Å². The zero-order chi connectivity index (χ0) is 15.3. The molecule has 21 heavy (non-hydrogen) atoms. The zero-order valence-electron chi connectivity index (χ0n) is 12.2. The van der Waals surface area contributed by atoms with Crippen LogP contribution in [-0.4, -0.2) is 40.1 Å². The van der Waals surface area contributed by atoms with Crippen LogP contribution in [0.15, 0.2) is 0 Å². The van der Waals surface area contributed by atoms with Crippen LogP contribution in [-0.2, 0) is 14.3 Å². The molecule has 0 bridgehead atoms. The first kappa shape index (κ1) is 15.1. The van der Waals surface area contributed by atoms with Gasteiger partial charge >= 0.3 is 5.97 Å². The van der Waals surface area contributed by atoms with Gasteiger partial charge in [-0.1, -0.05) is 19.3 Å². The first-order valence-corrected chi connectivity index (χ1v) is 8.30. The summed E-state index contributed by atoms with van der Waals surface area (Å²) in [7, 11) is 0. The molecule has 1 saturated carbocycles. The van der Waals surface area contributed by atoms with Crippen LogP contribution in [0.4, 0.5) is 0 Å². The quantitative estimate of drug-likeness (QED) is 0.606. The first-order valence-electron chi connectivity index (χ1n) is 7.77. The summed E-state index contributed by atoms with van der Waals surface area (Å²) in [4.78, 5) is 24.4. The molecule has 4 atom stereocenters. The predicted molar refractivity (Wildman–Crippen MR) is 76.8 cm³/mol. The van der Waals surface area contributed by atoms with Crippen LogP contribution in [0.2, 0.25) is 0 Å². The van der Waals surface area contributed by atoms with Gasteiger partial charge in [0.25, 0.3) is 0 Å². The van der Waals surface area contributed by atoms with E-state index in [9.17, 15) is 14.7 Å². The maximum absolute atomic E-state index is 12.3. The number of amides is 1. The fourth-order valence-electron chi connectivity index (χ4n) is 4.37. The summed E-state index contributed by atoms with van der Waals surface area (Å²) in [6.07, 6.45) is 4.62. The van der Waals surface area contributed by atoms with E-state index in [2.05, 4.69) is 5.32 Å². The van der Waals surface area contributed by atoms with Crippen molar-refractivity contribution in [3.8, 4) is 0 Å². The summed E-state index contributed by atoms with van der Waals surface area (Å²) in [6, 6.07) is 0. The molecule has 5 nitrogen and oxygen atoms in total. The van der Waals surface area contributed by atoms with E-state index in [0.29, 0.717) is 12.3 Å². The molecule has 1 unspecified atom stereocenters. The predicted octanol–water partition coefficient (Wildman–Crippen LogP) is 1.36. The number of ether oxygens (including phenoxy) is 1. The molecule has 2 saturated heterocycles. The number of esters is 1. The van der Waals surface area contributed by atoms with Crippen LogP contribution in [0.1, 0.15) is 45.4 Å². The van der Waals surface area contributed by atoms with Crippen molar-refractivity contribution in [2.75, 3.05) is 5.88 Å². The van der Waals surface area contributed by atoms with Crippen molar-refractivity contribution in [1.82, 2.24) is 5.32 Å². The number of nitrogens with one attached hydrogen (secondary N) is 1. The number of hydrogen-bond donors (Lipinski definition) is 2. The van der Waals surface area contributed by atoms with Crippen molar-refractivity contribution in [3.63, 3.8) is 0 Å². The van der Waals surface area contributed by atoms with Gasteiger partial charge in [0.1, 0.15) is 0 Å². The summed E-state index contributed by atoms with van der Waals surface area (Å²) in [5.74, 6) is -0.861. The molecule has 3 fully saturated rings. The lowest BCUT2D eigenvalue weighted by Gasteiger charge is -2.54. The molecule has 0 radical (unpaired) electrons. The Labute approximate surface area is 129 Å². The fraction of sp³-hybridized carbons (Fsp3) is 0.867. The summed E-state index contributed by atoms with van der Waals surface area (Å²) < 4.78 is 5.36. The number of fused-ring (bicyclic) bond motifs is 1. The van der Waals surface area contributed by atoms with E-state index in [0.717, 1.165) is 25.7 Å². The maximum Gasteiger partial charge on any atom is 0.339 e. The van der Waals surface area contributed by atoms with E-state index < -0.39 is 29.1 Å². The minimum Gasteiger partial charge on any atom is -0.453 e. The van der Waals surface area contributed by atoms with Crippen molar-refractivity contribution >= 4 is 23.5 Å². The SMILES string of the molecule is CC12OC(=O)[C@]1([C@@H](O)C1CCCCC1)NC(=O)[C@@H]2CCCl. The highest BCUT2D eigenvalue weighted by Gasteiger charge is 2.79. The summed E-state index contributed by atoms with van der Waals surface area (Å²) in [6.45, 7) is 1.75. The van der Waals surface area contributed by atoms with Crippen molar-refractivity contribution in [1.29, 1.82) is 0 Å². The van der Waals surface area contributed by atoms with E-state index in [1.54, 1.807) is 6.92 Å². The van der Waals surface area contributed by atoms with Gasteiger partial charge in [-0.15, -0.1) is 11.6 Å². The number of alkyl halides is 1. The zero-order valence-corrected chi connectivity index (χ0v) is 13.0. The number of aliphatic hydroxyl groups excluding tert-OH is 1. The number of halogens is 1. The molecule has 2 N–H and O–H groups in total. The lowest BCUT2D eigenvalue weighted by Crippen LogP contribution is -2.80. The van der Waals surface area contributed by atoms with Crippen molar-refractivity contribution < 1.29 is 19.4 Å². The van der Waals surface area contributed by atoms with Gasteiger partial charge in [-0.2, -0.15) is 0 Å². The van der Waals surface area contributed by atoms with Crippen molar-refractivity contribution in [2.45, 2.75) is 62.7 Å². The van der Waals surface area contributed by atoms with Gasteiger partial charge in [0.15, 0.2) is 5.60 Å². The molecule has 3 aliphatic rings. The van der Waals surface area contributed by atoms with Gasteiger partial charge in [-0.3, -0.25) is 4.79 Å². The Morgan fingerprint density at radius 1 is 1.38 bits per heavy atom. The molecule has 2 aliphatic heterocycles. The van der Waals surface area contributed by atoms with Gasteiger partial charge in [-0.25, -0.2) is 4.79 Å². The van der Waals surface area contributed by atoms with Gasteiger partial charge in [-0.05, 0) is 32.1 Å². The Bertz CT molecular complexity index is 465. The normalized spacial score (nSPS) is 41.0.